The largest absolute Gasteiger partial charge is 0.515 e. The first-order chi connectivity index (χ1) is 72.2. The van der Waals surface area contributed by atoms with Gasteiger partial charge in [-0.05, 0) is 110 Å². The summed E-state index contributed by atoms with van der Waals surface area (Å²) in [5, 5.41) is 4.17. The van der Waals surface area contributed by atoms with Crippen LogP contribution in [0.1, 0.15) is 70.4 Å². The third-order valence-electron chi connectivity index (χ3n) is 29.3. The van der Waals surface area contributed by atoms with Gasteiger partial charge in [-0.3, -0.25) is 47.9 Å². The first kappa shape index (κ1) is 98.4. The van der Waals surface area contributed by atoms with E-state index >= 15 is 0 Å². The van der Waals surface area contributed by atoms with Crippen LogP contribution in [0.4, 0.5) is 0 Å². The molecule has 15 aliphatic rings. The molecule has 3 aliphatic carbocycles. The summed E-state index contributed by atoms with van der Waals surface area (Å²) in [7, 11) is -52.4. The van der Waals surface area contributed by atoms with Gasteiger partial charge < -0.3 is 94.9 Å². The number of cyclic esters (lactones) is 12. The molecule has 0 N–H and O–H groups in total. The summed E-state index contributed by atoms with van der Waals surface area (Å²) in [6, 6.07) is 81.4. The number of carbonyl (C=O) groups excluding carboxylic acids is 12. The highest BCUT2D eigenvalue weighted by atomic mass is 28.6. The Bertz CT molecular complexity index is 7540. The van der Waals surface area contributed by atoms with Crippen LogP contribution in [0.3, 0.4) is 0 Å². The number of furan rings is 2. The van der Waals surface area contributed by atoms with Crippen molar-refractivity contribution in [2.24, 2.45) is 59.2 Å². The smallest absolute Gasteiger partial charge is 0.393 e. The van der Waals surface area contributed by atoms with Crippen LogP contribution < -0.4 is 64.0 Å². The molecule has 2 saturated carbocycles. The van der Waals surface area contributed by atoms with E-state index in [-0.39, 0.29) is 87.7 Å². The second-order valence-corrected chi connectivity index (χ2v) is 69.1. The Labute approximate surface area is 858 Å². The molecular formula is C102H82O38Si10. The fraction of sp³-hybridized carbons (Fsp3) is 0.216. The Kier molecular flexibility index (Phi) is 24.4. The fourth-order valence-electron chi connectivity index (χ4n) is 22.7. The zero-order valence-corrected chi connectivity index (χ0v) is 88.9. The van der Waals surface area contributed by atoms with E-state index in [1.54, 1.807) is 25.2 Å². The Morgan fingerprint density at radius 2 is 0.600 bits per heavy atom. The Morgan fingerprint density at radius 1 is 0.267 bits per heavy atom. The van der Waals surface area contributed by atoms with Crippen LogP contribution in [0.2, 0.25) is 25.2 Å². The summed E-state index contributed by atoms with van der Waals surface area (Å²) in [6.45, 7) is 3.55. The van der Waals surface area contributed by atoms with Crippen LogP contribution in [0.25, 0.3) is 32.3 Å². The van der Waals surface area contributed by atoms with Crippen molar-refractivity contribution < 1.29 is 152 Å². The lowest BCUT2D eigenvalue weighted by Gasteiger charge is -2.61. The third-order valence-corrected chi connectivity index (χ3v) is 72.8. The highest BCUT2D eigenvalue weighted by molar-refractivity contribution is 7.13. The van der Waals surface area contributed by atoms with E-state index in [0.717, 1.165) is 12.0 Å². The Balaban J connectivity index is 0.000000157. The monoisotopic (exact) mass is 2190 g/mol. The van der Waals surface area contributed by atoms with Crippen LogP contribution in [0, 0.1) is 59.2 Å². The molecule has 10 unspecified atom stereocenters. The first-order valence-corrected chi connectivity index (χ1v) is 67.1. The number of esters is 12. The topological polar surface area (TPSA) is 484 Å². The number of fused-ring (bicyclic) bond motifs is 16. The fourth-order valence-corrected chi connectivity index (χ4v) is 79.9. The highest BCUT2D eigenvalue weighted by Gasteiger charge is 2.84. The number of hydrogen-bond acceptors (Lipinski definition) is 38. The average molecular weight is 2200 g/mol. The number of ether oxygens (including phenoxy) is 6. The van der Waals surface area contributed by atoms with Gasteiger partial charge in [-0.25, -0.2) is 28.8 Å². The normalized spacial score (nSPS) is 32.7. The van der Waals surface area contributed by atoms with Gasteiger partial charge in [0.25, 0.3) is 0 Å². The summed E-state index contributed by atoms with van der Waals surface area (Å²) in [5.74, 6) is -11.9. The number of rotatable bonds is 12. The van der Waals surface area contributed by atoms with Gasteiger partial charge in [0.1, 0.15) is 0 Å². The van der Waals surface area contributed by atoms with Gasteiger partial charge in [-0.15, -0.1) is 0 Å². The molecule has 48 heteroatoms. The molecule has 0 radical (unpaired) electrons. The van der Waals surface area contributed by atoms with Gasteiger partial charge in [0.05, 0.1) is 92.9 Å². The lowest BCUT2D eigenvalue weighted by atomic mass is 9.58. The summed E-state index contributed by atoms with van der Waals surface area (Å²) < 4.78 is 156. The molecular weight excluding hydrogens is 2110 g/mol. The van der Waals surface area contributed by atoms with E-state index in [0.29, 0.717) is 83.5 Å². The highest BCUT2D eigenvalue weighted by Crippen LogP contribution is 2.56. The molecule has 11 aromatic carbocycles. The van der Waals surface area contributed by atoms with Gasteiger partial charge in [0.2, 0.25) is 0 Å². The quantitative estimate of drug-likeness (QED) is 0.0680. The summed E-state index contributed by atoms with van der Waals surface area (Å²) in [6.07, 6.45) is 2.46. The van der Waals surface area contributed by atoms with Crippen LogP contribution in [0.15, 0.2) is 307 Å². The van der Waals surface area contributed by atoms with E-state index in [2.05, 4.69) is 18.3 Å². The van der Waals surface area contributed by atoms with Gasteiger partial charge in [-0.2, -0.15) is 0 Å². The predicted octanol–water partition coefficient (Wildman–Crippen LogP) is 4.88. The second kappa shape index (κ2) is 37.2. The summed E-state index contributed by atoms with van der Waals surface area (Å²) in [4.78, 5) is 195. The third kappa shape index (κ3) is 17.0. The molecule has 10 atom stereocenters. The minimum Gasteiger partial charge on any atom is -0.393 e. The molecule has 150 heavy (non-hydrogen) atoms. The molecule has 758 valence electrons. The van der Waals surface area contributed by atoms with Gasteiger partial charge in [0, 0.05) is 53.6 Å². The molecule has 28 rings (SSSR count). The molecule has 2 aromatic heterocycles. The van der Waals surface area contributed by atoms with Crippen LogP contribution in [0.5, 0.6) is 0 Å². The number of hydrogen-bond donors (Lipinski definition) is 0. The van der Waals surface area contributed by atoms with E-state index in [4.69, 9.17) is 76.6 Å². The van der Waals surface area contributed by atoms with Crippen LogP contribution in [-0.2, 0) is 147 Å². The van der Waals surface area contributed by atoms with Crippen LogP contribution in [-0.4, -0.2) is 159 Å². The minimum atomic E-state index is -5.46. The zero-order chi connectivity index (χ0) is 104. The maximum atomic E-state index is 14.3. The SMILES string of the molecule is C[Si]1(CC2CC(=O)OC2=O)O[Si]2(c3ccccc3)O[Si]3(c4ccccc4)O[Si]4(c5ccccc5)O[Si](C)(CC5CC(=O)OC5=O)O[Si]5(c6ccccc6)O[Si](c6ccccc6)(O[Si](c6ccccc6)(O1)O[Si](c1ccccc1)(O5)O[Si](c1ccccc1)(O2)O4)O3.O=C1OC(=O)C2CC3C(CCC4C(=O)OC(=O)C43)CC12.O=C1OC(=O)c2c1ccc1c2CC2C(=O)OC(=O)C2C1.O=c1oc(=O)c2cc3c(ccc4c(=O)oc(=O)c43)cc12. The van der Waals surface area contributed by atoms with Crippen molar-refractivity contribution >= 4 is 233 Å². The number of carbonyl (C=O) groups is 12. The molecule has 0 spiro atoms. The van der Waals surface area contributed by atoms with Crippen molar-refractivity contribution in [1.82, 2.24) is 0 Å². The van der Waals surface area contributed by atoms with Crippen LogP contribution >= 0.6 is 0 Å². The molecule has 14 heterocycles. The molecule has 0 amide bonds. The predicted molar refractivity (Wildman–Crippen MR) is 535 cm³/mol. The molecule has 8 bridgehead atoms. The van der Waals surface area contributed by atoms with Crippen molar-refractivity contribution in [2.75, 3.05) is 0 Å². The Morgan fingerprint density at radius 3 is 0.980 bits per heavy atom. The van der Waals surface area contributed by atoms with Gasteiger partial charge in [-0.1, -0.05) is 255 Å². The second-order valence-electron chi connectivity index (χ2n) is 38.8. The molecule has 38 nitrogen and oxygen atoms in total. The Hall–Kier alpha value is -13.6. The average Bonchev–Trinajstić information content (AvgIpc) is 0.990. The van der Waals surface area contributed by atoms with E-state index in [1.165, 1.54) is 24.3 Å². The summed E-state index contributed by atoms with van der Waals surface area (Å²) in [5.41, 5.74) is -1.06. The number of benzene rings is 11. The minimum absolute atomic E-state index is 0.0348. The standard InChI is InChI=1S/C60H56O20Si10.C14H14O6.C14H8O6.C14H4O6/c1-81(45-47-43-57(61)65-59(47)63)67-83(49-27-11-3-12-28-49)71-87(53-35-19-7-20-36-53)75-85(51-31-15-5-16-32-51)69-82(2,46-48-44-58(62)66-60(48)64)70-86(52-33-17-6-18-34-52)77-89(79-87,55-39-23-9-24-40-55)73-84(68-81,50-29-13-4-14-30-50)74-90(78-86,56-41-25-10-26-42-56)80-88(72-83,76-85)54-37-21-8-22-38-54;3*15-11-6-2-1-5-3-8-9(13(17)19-12(8)16)4-7(5)10(6)14(18)20-11/h3-42,47-48H,43-46H2,1-2H3;5-10H,1-4H2;1-2,8-9H,3-4H2;1-4H. The molecule has 12 aliphatic heterocycles. The van der Waals surface area contributed by atoms with E-state index in [9.17, 15) is 76.7 Å². The van der Waals surface area contributed by atoms with Gasteiger partial charge >= 0.3 is 182 Å². The van der Waals surface area contributed by atoms with E-state index < -0.39 is 217 Å². The van der Waals surface area contributed by atoms with Crippen molar-refractivity contribution in [3.63, 3.8) is 0 Å². The van der Waals surface area contributed by atoms with Crippen molar-refractivity contribution in [3.8, 4) is 0 Å². The summed E-state index contributed by atoms with van der Waals surface area (Å²) >= 11 is 0. The maximum Gasteiger partial charge on any atom is 0.515 e. The van der Waals surface area contributed by atoms with Crippen molar-refractivity contribution in [1.29, 1.82) is 0 Å². The molecule has 13 fully saturated rings. The van der Waals surface area contributed by atoms with Crippen molar-refractivity contribution in [2.45, 2.75) is 76.5 Å². The van der Waals surface area contributed by atoms with Gasteiger partial charge in [0.15, 0.2) is 0 Å². The lowest BCUT2D eigenvalue weighted by Crippen LogP contribution is -2.93. The molecule has 11 saturated heterocycles. The maximum absolute atomic E-state index is 14.3. The first-order valence-electron chi connectivity index (χ1n) is 48.3. The van der Waals surface area contributed by atoms with Crippen molar-refractivity contribution in [3.05, 3.63) is 343 Å². The zero-order valence-electron chi connectivity index (χ0n) is 78.9. The lowest BCUT2D eigenvalue weighted by molar-refractivity contribution is -0.156. The molecule has 13 aromatic rings. The van der Waals surface area contributed by atoms with E-state index in [1.807, 2.05) is 243 Å².